The van der Waals surface area contributed by atoms with Crippen LogP contribution in [0.3, 0.4) is 0 Å². The lowest BCUT2D eigenvalue weighted by Gasteiger charge is -2.25. The summed E-state index contributed by atoms with van der Waals surface area (Å²) in [6, 6.07) is 10.9. The molecule has 1 aliphatic heterocycles. The SMILES string of the molecule is O=C(O)CCOc1ccccc1Sc1ccc(C=CC(=O)N2CCOCC2)c(Cl)c1Cl. The lowest BCUT2D eigenvalue weighted by atomic mass is 10.2. The number of carbonyl (C=O) groups excluding carboxylic acids is 1. The highest BCUT2D eigenvalue weighted by atomic mass is 35.5. The van der Waals surface area contributed by atoms with Gasteiger partial charge in [-0.3, -0.25) is 9.59 Å². The summed E-state index contributed by atoms with van der Waals surface area (Å²) in [5.74, 6) is -0.446. The maximum atomic E-state index is 12.3. The van der Waals surface area contributed by atoms with Crippen molar-refractivity contribution >= 4 is 52.9 Å². The van der Waals surface area contributed by atoms with Gasteiger partial charge in [0.15, 0.2) is 0 Å². The van der Waals surface area contributed by atoms with Crippen LogP contribution in [0.5, 0.6) is 5.75 Å². The van der Waals surface area contributed by atoms with E-state index in [0.29, 0.717) is 47.7 Å². The first-order valence-electron chi connectivity index (χ1n) is 9.60. The molecule has 31 heavy (non-hydrogen) atoms. The Morgan fingerprint density at radius 2 is 1.84 bits per heavy atom. The molecule has 2 aromatic rings. The summed E-state index contributed by atoms with van der Waals surface area (Å²) in [5, 5.41) is 9.51. The van der Waals surface area contributed by atoms with Gasteiger partial charge >= 0.3 is 5.97 Å². The Morgan fingerprint density at radius 1 is 1.10 bits per heavy atom. The van der Waals surface area contributed by atoms with Crippen LogP contribution in [0, 0.1) is 0 Å². The van der Waals surface area contributed by atoms with Crippen LogP contribution in [0.25, 0.3) is 6.08 Å². The normalized spacial score (nSPS) is 14.1. The second-order valence-electron chi connectivity index (χ2n) is 6.59. The van der Waals surface area contributed by atoms with Gasteiger partial charge in [0, 0.05) is 24.1 Å². The predicted octanol–water partition coefficient (Wildman–Crippen LogP) is 4.87. The molecule has 0 aliphatic carbocycles. The van der Waals surface area contributed by atoms with E-state index in [2.05, 4.69) is 0 Å². The quantitative estimate of drug-likeness (QED) is 0.541. The topological polar surface area (TPSA) is 76.1 Å². The zero-order chi connectivity index (χ0) is 22.2. The Balaban J connectivity index is 1.72. The first-order chi connectivity index (χ1) is 15.0. The number of carbonyl (C=O) groups is 2. The zero-order valence-electron chi connectivity index (χ0n) is 16.6. The van der Waals surface area contributed by atoms with Gasteiger partial charge in [-0.05, 0) is 29.8 Å². The largest absolute Gasteiger partial charge is 0.492 e. The lowest BCUT2D eigenvalue weighted by molar-refractivity contribution is -0.137. The van der Waals surface area contributed by atoms with E-state index in [0.717, 1.165) is 9.79 Å². The van der Waals surface area contributed by atoms with Crippen molar-refractivity contribution < 1.29 is 24.2 Å². The smallest absolute Gasteiger partial charge is 0.306 e. The summed E-state index contributed by atoms with van der Waals surface area (Å²) < 4.78 is 10.9. The first-order valence-corrected chi connectivity index (χ1v) is 11.2. The number of para-hydroxylation sites is 1. The molecular formula is C22H21Cl2NO5S. The molecule has 1 saturated heterocycles. The third-order valence-corrected chi connectivity index (χ3v) is 6.57. The maximum Gasteiger partial charge on any atom is 0.306 e. The number of carboxylic acids is 1. The zero-order valence-corrected chi connectivity index (χ0v) is 18.9. The molecule has 1 aliphatic rings. The van der Waals surface area contributed by atoms with Gasteiger partial charge in [-0.15, -0.1) is 0 Å². The van der Waals surface area contributed by atoms with Crippen molar-refractivity contribution in [2.75, 3.05) is 32.9 Å². The van der Waals surface area contributed by atoms with Crippen molar-refractivity contribution in [3.8, 4) is 5.75 Å². The van der Waals surface area contributed by atoms with Crippen molar-refractivity contribution in [3.05, 3.63) is 58.1 Å². The van der Waals surface area contributed by atoms with Gasteiger partial charge in [0.1, 0.15) is 5.75 Å². The van der Waals surface area contributed by atoms with Crippen LogP contribution >= 0.6 is 35.0 Å². The minimum absolute atomic E-state index is 0.0717. The molecule has 1 N–H and O–H groups in total. The van der Waals surface area contributed by atoms with Crippen LogP contribution in [0.15, 0.2) is 52.3 Å². The van der Waals surface area contributed by atoms with Crippen LogP contribution < -0.4 is 4.74 Å². The van der Waals surface area contributed by atoms with Crippen molar-refractivity contribution in [2.45, 2.75) is 16.2 Å². The number of carboxylic acid groups (broad SMARTS) is 1. The molecule has 0 aromatic heterocycles. The number of halogens is 2. The van der Waals surface area contributed by atoms with E-state index in [1.165, 1.54) is 17.8 Å². The van der Waals surface area contributed by atoms with Gasteiger partial charge in [-0.1, -0.05) is 53.2 Å². The minimum Gasteiger partial charge on any atom is -0.492 e. The molecule has 1 fully saturated rings. The van der Waals surface area contributed by atoms with Crippen LogP contribution in [-0.2, 0) is 14.3 Å². The number of aliphatic carboxylic acids is 1. The Kier molecular flexibility index (Phi) is 8.66. The molecule has 0 radical (unpaired) electrons. The molecule has 1 amide bonds. The highest BCUT2D eigenvalue weighted by Gasteiger charge is 2.16. The standard InChI is InChI=1S/C22H21Cl2NO5S/c23-21-15(6-8-19(26)25-10-13-29-14-11-25)5-7-18(22(21)24)31-17-4-2-1-3-16(17)30-12-9-20(27)28/h1-8H,9-14H2,(H,27,28). The van der Waals surface area contributed by atoms with Gasteiger partial charge < -0.3 is 19.5 Å². The minimum atomic E-state index is -0.921. The van der Waals surface area contributed by atoms with Crippen LogP contribution in [-0.4, -0.2) is 54.8 Å². The van der Waals surface area contributed by atoms with Crippen LogP contribution in [0.4, 0.5) is 0 Å². The Morgan fingerprint density at radius 3 is 2.58 bits per heavy atom. The van der Waals surface area contributed by atoms with Crippen LogP contribution in [0.2, 0.25) is 10.0 Å². The monoisotopic (exact) mass is 481 g/mol. The Bertz CT molecular complexity index is 976. The van der Waals surface area contributed by atoms with E-state index in [1.54, 1.807) is 23.1 Å². The molecule has 3 rings (SSSR count). The second kappa shape index (κ2) is 11.4. The number of amides is 1. The Hall–Kier alpha value is -2.19. The van der Waals surface area contributed by atoms with Gasteiger partial charge in [0.25, 0.3) is 0 Å². The fourth-order valence-corrected chi connectivity index (χ4v) is 4.34. The van der Waals surface area contributed by atoms with Gasteiger partial charge in [0.2, 0.25) is 5.91 Å². The lowest BCUT2D eigenvalue weighted by Crippen LogP contribution is -2.39. The van der Waals surface area contributed by atoms with E-state index < -0.39 is 5.97 Å². The number of hydrogen-bond acceptors (Lipinski definition) is 5. The number of ether oxygens (including phenoxy) is 2. The summed E-state index contributed by atoms with van der Waals surface area (Å²) >= 11 is 14.3. The van der Waals surface area contributed by atoms with Crippen molar-refractivity contribution in [2.24, 2.45) is 0 Å². The van der Waals surface area contributed by atoms with E-state index in [-0.39, 0.29) is 18.9 Å². The average Bonchev–Trinajstić information content (AvgIpc) is 2.77. The molecule has 1 heterocycles. The maximum absolute atomic E-state index is 12.3. The van der Waals surface area contributed by atoms with Crippen molar-refractivity contribution in [1.29, 1.82) is 0 Å². The summed E-state index contributed by atoms with van der Waals surface area (Å²) in [4.78, 5) is 26.2. The van der Waals surface area contributed by atoms with E-state index in [4.69, 9.17) is 37.8 Å². The number of morpholine rings is 1. The summed E-state index contributed by atoms with van der Waals surface area (Å²) in [5.41, 5.74) is 0.642. The fourth-order valence-electron chi connectivity index (χ4n) is 2.82. The highest BCUT2D eigenvalue weighted by Crippen LogP contribution is 2.42. The molecule has 0 bridgehead atoms. The van der Waals surface area contributed by atoms with Crippen molar-refractivity contribution in [3.63, 3.8) is 0 Å². The fraction of sp³-hybridized carbons (Fsp3) is 0.273. The number of nitrogens with zero attached hydrogens (tertiary/aromatic N) is 1. The number of hydrogen-bond donors (Lipinski definition) is 1. The molecule has 164 valence electrons. The van der Waals surface area contributed by atoms with E-state index in [9.17, 15) is 9.59 Å². The molecule has 0 saturated carbocycles. The second-order valence-corrected chi connectivity index (χ2v) is 8.43. The average molecular weight is 482 g/mol. The van der Waals surface area contributed by atoms with E-state index in [1.807, 2.05) is 24.3 Å². The molecule has 9 heteroatoms. The van der Waals surface area contributed by atoms with Crippen LogP contribution in [0.1, 0.15) is 12.0 Å². The van der Waals surface area contributed by atoms with Gasteiger partial charge in [-0.25, -0.2) is 0 Å². The van der Waals surface area contributed by atoms with E-state index >= 15 is 0 Å². The predicted molar refractivity (Wildman–Crippen MR) is 121 cm³/mol. The summed E-state index contributed by atoms with van der Waals surface area (Å²) in [7, 11) is 0. The van der Waals surface area contributed by atoms with Crippen molar-refractivity contribution in [1.82, 2.24) is 4.90 Å². The molecule has 0 unspecified atom stereocenters. The van der Waals surface area contributed by atoms with Gasteiger partial charge in [-0.2, -0.15) is 0 Å². The third kappa shape index (κ3) is 6.64. The first kappa shape index (κ1) is 23.5. The molecule has 0 spiro atoms. The highest BCUT2D eigenvalue weighted by molar-refractivity contribution is 7.99. The molecular weight excluding hydrogens is 461 g/mol. The summed E-state index contributed by atoms with van der Waals surface area (Å²) in [6.45, 7) is 2.30. The molecule has 0 atom stereocenters. The third-order valence-electron chi connectivity index (χ3n) is 4.45. The summed E-state index contributed by atoms with van der Waals surface area (Å²) in [6.07, 6.45) is 3.06. The number of benzene rings is 2. The molecule has 6 nitrogen and oxygen atoms in total. The van der Waals surface area contributed by atoms with Gasteiger partial charge in [0.05, 0.1) is 41.2 Å². The number of rotatable bonds is 8. The Labute approximate surface area is 194 Å². The molecule has 2 aromatic carbocycles.